The number of urea groups is 1. The van der Waals surface area contributed by atoms with Crippen LogP contribution >= 0.6 is 0 Å². The Bertz CT molecular complexity index is 319. The SMILES string of the molecule is CCC(CNC(=O)N1CCC(C)(C)CC1)CC(=O)O. The number of carboxylic acids is 1. The van der Waals surface area contributed by atoms with E-state index in [0.29, 0.717) is 12.0 Å². The molecule has 1 unspecified atom stereocenters. The predicted octanol–water partition coefficient (Wildman–Crippen LogP) is 2.32. The van der Waals surface area contributed by atoms with Crippen LogP contribution in [0.4, 0.5) is 4.79 Å². The van der Waals surface area contributed by atoms with Gasteiger partial charge in [-0.2, -0.15) is 0 Å². The van der Waals surface area contributed by atoms with Gasteiger partial charge in [-0.1, -0.05) is 27.2 Å². The van der Waals surface area contributed by atoms with Crippen molar-refractivity contribution in [2.24, 2.45) is 11.3 Å². The number of hydrogen-bond acceptors (Lipinski definition) is 2. The number of likely N-dealkylation sites (tertiary alicyclic amines) is 1. The average Bonchev–Trinajstić information content (AvgIpc) is 2.33. The Kier molecular flexibility index (Phi) is 5.63. The second-order valence-electron chi connectivity index (χ2n) is 6.21. The molecule has 1 aliphatic rings. The van der Waals surface area contributed by atoms with Gasteiger partial charge in [0.25, 0.3) is 0 Å². The minimum atomic E-state index is -0.805. The maximum Gasteiger partial charge on any atom is 0.317 e. The highest BCUT2D eigenvalue weighted by Crippen LogP contribution is 2.29. The summed E-state index contributed by atoms with van der Waals surface area (Å²) in [6, 6.07) is -0.0562. The van der Waals surface area contributed by atoms with E-state index in [9.17, 15) is 9.59 Å². The van der Waals surface area contributed by atoms with E-state index in [1.54, 1.807) is 0 Å². The van der Waals surface area contributed by atoms with E-state index >= 15 is 0 Å². The van der Waals surface area contributed by atoms with Crippen molar-refractivity contribution in [3.05, 3.63) is 0 Å². The molecule has 0 bridgehead atoms. The first-order chi connectivity index (χ1) is 8.84. The highest BCUT2D eigenvalue weighted by atomic mass is 16.4. The first kappa shape index (κ1) is 15.8. The maximum absolute atomic E-state index is 12.0. The monoisotopic (exact) mass is 270 g/mol. The van der Waals surface area contributed by atoms with Gasteiger partial charge in [-0.15, -0.1) is 0 Å². The molecule has 1 heterocycles. The van der Waals surface area contributed by atoms with Crippen molar-refractivity contribution in [1.29, 1.82) is 0 Å². The third-order valence-corrected chi connectivity index (χ3v) is 3.99. The number of carboxylic acid groups (broad SMARTS) is 1. The Morgan fingerprint density at radius 3 is 2.37 bits per heavy atom. The zero-order chi connectivity index (χ0) is 14.5. The van der Waals surface area contributed by atoms with Crippen LogP contribution in [0.15, 0.2) is 0 Å². The van der Waals surface area contributed by atoms with Crippen LogP contribution in [0.5, 0.6) is 0 Å². The quantitative estimate of drug-likeness (QED) is 0.805. The van der Waals surface area contributed by atoms with Crippen LogP contribution in [-0.4, -0.2) is 41.6 Å². The third-order valence-electron chi connectivity index (χ3n) is 3.99. The van der Waals surface area contributed by atoms with E-state index in [2.05, 4.69) is 19.2 Å². The van der Waals surface area contributed by atoms with Crippen LogP contribution in [-0.2, 0) is 4.79 Å². The molecule has 0 aromatic rings. The Balaban J connectivity index is 2.33. The lowest BCUT2D eigenvalue weighted by Crippen LogP contribution is -2.47. The number of nitrogens with zero attached hydrogens (tertiary/aromatic N) is 1. The Morgan fingerprint density at radius 1 is 1.32 bits per heavy atom. The molecule has 2 N–H and O–H groups in total. The minimum absolute atomic E-state index is 0.0164. The van der Waals surface area contributed by atoms with E-state index < -0.39 is 5.97 Å². The highest BCUT2D eigenvalue weighted by molar-refractivity contribution is 5.74. The van der Waals surface area contributed by atoms with Crippen molar-refractivity contribution >= 4 is 12.0 Å². The van der Waals surface area contributed by atoms with Gasteiger partial charge in [0.15, 0.2) is 0 Å². The molecule has 0 aliphatic carbocycles. The summed E-state index contributed by atoms with van der Waals surface area (Å²) < 4.78 is 0. The van der Waals surface area contributed by atoms with Crippen molar-refractivity contribution in [3.8, 4) is 0 Å². The second-order valence-corrected chi connectivity index (χ2v) is 6.21. The summed E-state index contributed by atoms with van der Waals surface area (Å²) in [4.78, 5) is 24.5. The molecule has 19 heavy (non-hydrogen) atoms. The molecule has 1 saturated heterocycles. The van der Waals surface area contributed by atoms with Crippen LogP contribution in [0.1, 0.15) is 46.5 Å². The standard InChI is InChI=1S/C14H26N2O3/c1-4-11(9-12(17)18)10-15-13(19)16-7-5-14(2,3)6-8-16/h11H,4-10H2,1-3H3,(H,15,19)(H,17,18). The number of carbonyl (C=O) groups excluding carboxylic acids is 1. The highest BCUT2D eigenvalue weighted by Gasteiger charge is 2.27. The number of hydrogen-bond donors (Lipinski definition) is 2. The van der Waals surface area contributed by atoms with Gasteiger partial charge >= 0.3 is 12.0 Å². The van der Waals surface area contributed by atoms with Crippen molar-refractivity contribution < 1.29 is 14.7 Å². The van der Waals surface area contributed by atoms with Gasteiger partial charge in [-0.25, -0.2) is 4.79 Å². The molecule has 1 rings (SSSR count). The molecular weight excluding hydrogens is 244 g/mol. The van der Waals surface area contributed by atoms with E-state index in [1.807, 2.05) is 11.8 Å². The Morgan fingerprint density at radius 2 is 1.89 bits per heavy atom. The summed E-state index contributed by atoms with van der Waals surface area (Å²) in [5.41, 5.74) is 0.325. The number of rotatable bonds is 5. The summed E-state index contributed by atoms with van der Waals surface area (Å²) >= 11 is 0. The fraction of sp³-hybridized carbons (Fsp3) is 0.857. The summed E-state index contributed by atoms with van der Waals surface area (Å²) in [5.74, 6) is -0.788. The van der Waals surface area contributed by atoms with Gasteiger partial charge in [0, 0.05) is 26.1 Å². The van der Waals surface area contributed by atoms with Crippen molar-refractivity contribution in [3.63, 3.8) is 0 Å². The van der Waals surface area contributed by atoms with Gasteiger partial charge in [0.2, 0.25) is 0 Å². The number of amides is 2. The molecule has 2 amide bonds. The average molecular weight is 270 g/mol. The van der Waals surface area contributed by atoms with Crippen LogP contribution in [0.3, 0.4) is 0 Å². The molecule has 5 heteroatoms. The van der Waals surface area contributed by atoms with Gasteiger partial charge in [-0.05, 0) is 24.2 Å². The number of piperidine rings is 1. The molecule has 0 saturated carbocycles. The molecule has 110 valence electrons. The number of carbonyl (C=O) groups is 2. The van der Waals surface area contributed by atoms with Gasteiger partial charge in [0.1, 0.15) is 0 Å². The zero-order valence-electron chi connectivity index (χ0n) is 12.2. The topological polar surface area (TPSA) is 69.6 Å². The Labute approximate surface area is 115 Å². The maximum atomic E-state index is 12.0. The molecular formula is C14H26N2O3. The van der Waals surface area contributed by atoms with Gasteiger partial charge in [0.05, 0.1) is 0 Å². The van der Waals surface area contributed by atoms with E-state index in [0.717, 1.165) is 32.4 Å². The molecule has 0 radical (unpaired) electrons. The fourth-order valence-electron chi connectivity index (χ4n) is 2.27. The van der Waals surface area contributed by atoms with Crippen LogP contribution in [0, 0.1) is 11.3 Å². The number of aliphatic carboxylic acids is 1. The van der Waals surface area contributed by atoms with E-state index in [-0.39, 0.29) is 18.4 Å². The molecule has 0 aromatic heterocycles. The molecule has 1 fully saturated rings. The predicted molar refractivity (Wildman–Crippen MR) is 74.0 cm³/mol. The lowest BCUT2D eigenvalue weighted by Gasteiger charge is -2.37. The summed E-state index contributed by atoms with van der Waals surface area (Å²) in [7, 11) is 0. The first-order valence-electron chi connectivity index (χ1n) is 7.08. The van der Waals surface area contributed by atoms with Crippen LogP contribution in [0.25, 0.3) is 0 Å². The fourth-order valence-corrected chi connectivity index (χ4v) is 2.27. The zero-order valence-corrected chi connectivity index (χ0v) is 12.2. The lowest BCUT2D eigenvalue weighted by molar-refractivity contribution is -0.138. The Hall–Kier alpha value is -1.26. The number of nitrogens with one attached hydrogen (secondary N) is 1. The van der Waals surface area contributed by atoms with Crippen LogP contribution in [0.2, 0.25) is 0 Å². The van der Waals surface area contributed by atoms with Crippen LogP contribution < -0.4 is 5.32 Å². The molecule has 0 spiro atoms. The van der Waals surface area contributed by atoms with Gasteiger partial charge < -0.3 is 15.3 Å². The second kappa shape index (κ2) is 6.78. The molecule has 1 atom stereocenters. The first-order valence-corrected chi connectivity index (χ1v) is 7.08. The van der Waals surface area contributed by atoms with E-state index in [4.69, 9.17) is 5.11 Å². The summed E-state index contributed by atoms with van der Waals surface area (Å²) in [6.07, 6.45) is 2.92. The van der Waals surface area contributed by atoms with Crippen molar-refractivity contribution in [1.82, 2.24) is 10.2 Å². The summed E-state index contributed by atoms with van der Waals surface area (Å²) in [5, 5.41) is 11.6. The minimum Gasteiger partial charge on any atom is -0.481 e. The largest absolute Gasteiger partial charge is 0.481 e. The summed E-state index contributed by atoms with van der Waals surface area (Å²) in [6.45, 7) is 8.41. The van der Waals surface area contributed by atoms with Gasteiger partial charge in [-0.3, -0.25) is 4.79 Å². The molecule has 1 aliphatic heterocycles. The van der Waals surface area contributed by atoms with Crippen molar-refractivity contribution in [2.75, 3.05) is 19.6 Å². The molecule has 0 aromatic carbocycles. The third kappa shape index (κ3) is 5.49. The van der Waals surface area contributed by atoms with E-state index in [1.165, 1.54) is 0 Å². The molecule has 5 nitrogen and oxygen atoms in total. The lowest BCUT2D eigenvalue weighted by atomic mass is 9.83. The normalized spacial score (nSPS) is 19.8. The van der Waals surface area contributed by atoms with Crippen molar-refractivity contribution in [2.45, 2.75) is 46.5 Å². The smallest absolute Gasteiger partial charge is 0.317 e.